The van der Waals surface area contributed by atoms with Crippen LogP contribution < -0.4 is 0 Å². The predicted molar refractivity (Wildman–Crippen MR) is 80.0 cm³/mol. The molecule has 1 heterocycles. The maximum Gasteiger partial charge on any atom is 0.309 e. The van der Waals surface area contributed by atoms with Crippen LogP contribution in [0.2, 0.25) is 0 Å². The normalized spacial score (nSPS) is 28.4. The van der Waals surface area contributed by atoms with Crippen molar-refractivity contribution in [2.75, 3.05) is 0 Å². The predicted octanol–water partition coefficient (Wildman–Crippen LogP) is 4.96. The first-order chi connectivity index (χ1) is 9.17. The molecule has 0 aromatic carbocycles. The van der Waals surface area contributed by atoms with Gasteiger partial charge in [0.05, 0.1) is 5.92 Å². The zero-order valence-corrected chi connectivity index (χ0v) is 13.3. The Kier molecular flexibility index (Phi) is 7.48. The van der Waals surface area contributed by atoms with Crippen LogP contribution in [0.5, 0.6) is 0 Å². The van der Waals surface area contributed by atoms with E-state index in [9.17, 15) is 4.79 Å². The lowest BCUT2D eigenvalue weighted by molar-refractivity contribution is -0.144. The van der Waals surface area contributed by atoms with Gasteiger partial charge in [-0.25, -0.2) is 0 Å². The molecule has 0 aromatic rings. The SMILES string of the molecule is CCCC(CC)CCC1C(=O)OC(CC)C1CCC. The largest absolute Gasteiger partial charge is 0.462 e. The lowest BCUT2D eigenvalue weighted by Gasteiger charge is -2.21. The highest BCUT2D eigenvalue weighted by molar-refractivity contribution is 5.75. The summed E-state index contributed by atoms with van der Waals surface area (Å²) < 4.78 is 5.58. The van der Waals surface area contributed by atoms with Crippen molar-refractivity contribution in [1.29, 1.82) is 0 Å². The van der Waals surface area contributed by atoms with Crippen molar-refractivity contribution in [3.8, 4) is 0 Å². The summed E-state index contributed by atoms with van der Waals surface area (Å²) in [7, 11) is 0. The van der Waals surface area contributed by atoms with Crippen LogP contribution in [0.1, 0.15) is 79.1 Å². The number of hydrogen-bond acceptors (Lipinski definition) is 2. The zero-order valence-electron chi connectivity index (χ0n) is 13.3. The maximum absolute atomic E-state index is 12.1. The summed E-state index contributed by atoms with van der Waals surface area (Å²) in [4.78, 5) is 12.1. The van der Waals surface area contributed by atoms with Crippen molar-refractivity contribution < 1.29 is 9.53 Å². The van der Waals surface area contributed by atoms with E-state index in [4.69, 9.17) is 4.74 Å². The average molecular weight is 268 g/mol. The summed E-state index contributed by atoms with van der Waals surface area (Å²) in [5.41, 5.74) is 0. The van der Waals surface area contributed by atoms with Crippen LogP contribution in [0, 0.1) is 17.8 Å². The van der Waals surface area contributed by atoms with Gasteiger partial charge < -0.3 is 4.74 Å². The van der Waals surface area contributed by atoms with Crippen LogP contribution in [0.15, 0.2) is 0 Å². The van der Waals surface area contributed by atoms with E-state index in [0.717, 1.165) is 31.6 Å². The van der Waals surface area contributed by atoms with Gasteiger partial charge in [-0.3, -0.25) is 4.79 Å². The van der Waals surface area contributed by atoms with Gasteiger partial charge in [-0.2, -0.15) is 0 Å². The molecule has 1 aliphatic rings. The van der Waals surface area contributed by atoms with Gasteiger partial charge in [-0.15, -0.1) is 0 Å². The van der Waals surface area contributed by atoms with Crippen molar-refractivity contribution in [3.63, 3.8) is 0 Å². The second-order valence-electron chi connectivity index (χ2n) is 6.08. The zero-order chi connectivity index (χ0) is 14.3. The molecule has 0 radical (unpaired) electrons. The lowest BCUT2D eigenvalue weighted by Crippen LogP contribution is -2.21. The fraction of sp³-hybridized carbons (Fsp3) is 0.941. The first-order valence-corrected chi connectivity index (χ1v) is 8.38. The highest BCUT2D eigenvalue weighted by Gasteiger charge is 2.42. The first kappa shape index (κ1) is 16.5. The van der Waals surface area contributed by atoms with Gasteiger partial charge in [-0.1, -0.05) is 53.4 Å². The summed E-state index contributed by atoms with van der Waals surface area (Å²) in [5.74, 6) is 1.52. The summed E-state index contributed by atoms with van der Waals surface area (Å²) in [6, 6.07) is 0. The molecule has 0 amide bonds. The average Bonchev–Trinajstić information content (AvgIpc) is 2.71. The standard InChI is InChI=1S/C17H32O2/c1-5-9-13(7-3)11-12-15-14(10-6-2)16(8-4)19-17(15)18/h13-16H,5-12H2,1-4H3. The van der Waals surface area contributed by atoms with Crippen LogP contribution in [-0.2, 0) is 9.53 Å². The molecule has 19 heavy (non-hydrogen) atoms. The molecule has 0 bridgehead atoms. The molecule has 1 fully saturated rings. The second-order valence-corrected chi connectivity index (χ2v) is 6.08. The van der Waals surface area contributed by atoms with Crippen molar-refractivity contribution in [2.45, 2.75) is 85.2 Å². The van der Waals surface area contributed by atoms with E-state index < -0.39 is 0 Å². The van der Waals surface area contributed by atoms with Gasteiger partial charge in [0, 0.05) is 5.92 Å². The lowest BCUT2D eigenvalue weighted by atomic mass is 9.81. The molecular formula is C17H32O2. The van der Waals surface area contributed by atoms with Gasteiger partial charge in [0.2, 0.25) is 0 Å². The molecular weight excluding hydrogens is 236 g/mol. The van der Waals surface area contributed by atoms with Crippen LogP contribution in [0.25, 0.3) is 0 Å². The molecule has 0 N–H and O–H groups in total. The minimum Gasteiger partial charge on any atom is -0.462 e. The minimum atomic E-state index is 0.0802. The van der Waals surface area contributed by atoms with E-state index in [-0.39, 0.29) is 18.0 Å². The second kappa shape index (κ2) is 8.60. The van der Waals surface area contributed by atoms with E-state index in [1.807, 2.05) is 0 Å². The molecule has 1 rings (SSSR count). The molecule has 4 unspecified atom stereocenters. The molecule has 4 atom stereocenters. The van der Waals surface area contributed by atoms with Crippen LogP contribution in [0.4, 0.5) is 0 Å². The summed E-state index contributed by atoms with van der Waals surface area (Å²) in [6.45, 7) is 8.86. The van der Waals surface area contributed by atoms with Gasteiger partial charge in [0.1, 0.15) is 6.10 Å². The van der Waals surface area contributed by atoms with Gasteiger partial charge >= 0.3 is 5.97 Å². The number of rotatable bonds is 9. The van der Waals surface area contributed by atoms with Gasteiger partial charge in [0.15, 0.2) is 0 Å². The van der Waals surface area contributed by atoms with Crippen LogP contribution in [0.3, 0.4) is 0 Å². The Bertz CT molecular complexity index is 262. The van der Waals surface area contributed by atoms with Crippen molar-refractivity contribution in [2.24, 2.45) is 17.8 Å². The van der Waals surface area contributed by atoms with E-state index in [0.29, 0.717) is 5.92 Å². The monoisotopic (exact) mass is 268 g/mol. The van der Waals surface area contributed by atoms with Gasteiger partial charge in [-0.05, 0) is 31.6 Å². The van der Waals surface area contributed by atoms with Crippen LogP contribution in [-0.4, -0.2) is 12.1 Å². The van der Waals surface area contributed by atoms with Crippen molar-refractivity contribution in [1.82, 2.24) is 0 Å². The summed E-state index contributed by atoms with van der Waals surface area (Å²) in [6.07, 6.45) is 9.48. The highest BCUT2D eigenvalue weighted by Crippen LogP contribution is 2.37. The van der Waals surface area contributed by atoms with E-state index in [1.165, 1.54) is 25.7 Å². The Balaban J connectivity index is 2.55. The number of hydrogen-bond donors (Lipinski definition) is 0. The molecule has 1 saturated heterocycles. The Hall–Kier alpha value is -0.530. The maximum atomic E-state index is 12.1. The van der Waals surface area contributed by atoms with Crippen molar-refractivity contribution in [3.05, 3.63) is 0 Å². The third-order valence-corrected chi connectivity index (χ3v) is 4.75. The molecule has 0 aromatic heterocycles. The summed E-state index contributed by atoms with van der Waals surface area (Å²) >= 11 is 0. The number of carbonyl (C=O) groups is 1. The molecule has 0 spiro atoms. The fourth-order valence-electron chi connectivity index (χ4n) is 3.57. The molecule has 1 aliphatic heterocycles. The minimum absolute atomic E-state index is 0.0802. The molecule has 2 heteroatoms. The Labute approximate surface area is 119 Å². The topological polar surface area (TPSA) is 26.3 Å². The molecule has 0 aliphatic carbocycles. The Morgan fingerprint density at radius 2 is 1.79 bits per heavy atom. The third-order valence-electron chi connectivity index (χ3n) is 4.75. The van der Waals surface area contributed by atoms with Crippen LogP contribution >= 0.6 is 0 Å². The molecule has 112 valence electrons. The van der Waals surface area contributed by atoms with E-state index in [2.05, 4.69) is 27.7 Å². The summed E-state index contributed by atoms with van der Waals surface area (Å²) in [5, 5.41) is 0. The molecule has 0 saturated carbocycles. The van der Waals surface area contributed by atoms with E-state index in [1.54, 1.807) is 0 Å². The number of carbonyl (C=O) groups excluding carboxylic acids is 1. The number of cyclic esters (lactones) is 1. The smallest absolute Gasteiger partial charge is 0.309 e. The van der Waals surface area contributed by atoms with E-state index >= 15 is 0 Å². The Morgan fingerprint density at radius 1 is 1.05 bits per heavy atom. The number of ether oxygens (including phenoxy) is 1. The van der Waals surface area contributed by atoms with Gasteiger partial charge in [0.25, 0.3) is 0 Å². The molecule has 2 nitrogen and oxygen atoms in total. The third kappa shape index (κ3) is 4.50. The first-order valence-electron chi connectivity index (χ1n) is 8.38. The quantitative estimate of drug-likeness (QED) is 0.552. The Morgan fingerprint density at radius 3 is 2.32 bits per heavy atom. The fourth-order valence-corrected chi connectivity index (χ4v) is 3.57. The highest BCUT2D eigenvalue weighted by atomic mass is 16.6. The van der Waals surface area contributed by atoms with Crippen molar-refractivity contribution >= 4 is 5.97 Å². The number of esters is 1.